The zero-order valence-corrected chi connectivity index (χ0v) is 35.7. The van der Waals surface area contributed by atoms with E-state index in [4.69, 9.17) is 19.9 Å². The van der Waals surface area contributed by atoms with Crippen molar-refractivity contribution in [3.63, 3.8) is 0 Å². The molecule has 1 atom stereocenters. The summed E-state index contributed by atoms with van der Waals surface area (Å²) >= 11 is 0. The molecule has 0 radical (unpaired) electrons. The van der Waals surface area contributed by atoms with Gasteiger partial charge in [-0.1, -0.05) is 12.1 Å². The number of halogens is 2. The number of amides is 3. The van der Waals surface area contributed by atoms with Crippen LogP contribution in [0.25, 0.3) is 27.7 Å². The minimum absolute atomic E-state index is 0.00445. The van der Waals surface area contributed by atoms with Crippen molar-refractivity contribution in [1.82, 2.24) is 54.2 Å². The molecule has 17 nitrogen and oxygen atoms in total. The average Bonchev–Trinajstić information content (AvgIpc) is 4.04. The van der Waals surface area contributed by atoms with Gasteiger partial charge in [-0.3, -0.25) is 33.7 Å². The van der Waals surface area contributed by atoms with Crippen molar-refractivity contribution in [2.45, 2.75) is 89.3 Å². The first kappa shape index (κ1) is 40.7. The number of rotatable bonds is 10. The highest BCUT2D eigenvalue weighted by Crippen LogP contribution is 2.54. The number of nitrogens with zero attached hydrogens (tertiary/aromatic N) is 11. The molecule has 5 fully saturated rings. The number of fused-ring (bicyclic) bond motifs is 2. The number of piperidine rings is 1. The van der Waals surface area contributed by atoms with Gasteiger partial charge in [-0.05, 0) is 87.3 Å². The molecule has 2 saturated carbocycles. The molecular formula is C45H51F2N13O4. The number of anilines is 2. The summed E-state index contributed by atoms with van der Waals surface area (Å²) in [5, 5.41) is 24.3. The fourth-order valence-electron chi connectivity index (χ4n) is 11.0. The summed E-state index contributed by atoms with van der Waals surface area (Å²) < 4.78 is 41.2. The van der Waals surface area contributed by atoms with Crippen LogP contribution in [-0.2, 0) is 14.3 Å². The SMILES string of the molecule is Cc1nn(C2CCC(=O)NC2=O)c2cccc(-c3cnn(C4CC5(C4)CN(CC4CCC(n6cc(NC(=O)c7cnn8ccc(N9CCCOCC9)nc78)c(C(F)F)n6)CC4)C5)c3)c12. The lowest BCUT2D eigenvalue weighted by Gasteiger charge is -2.59. The number of aromatic nitrogens is 9. The molecule has 5 aliphatic rings. The van der Waals surface area contributed by atoms with Gasteiger partial charge in [0.1, 0.15) is 17.4 Å². The molecule has 3 amide bonds. The monoisotopic (exact) mass is 875 g/mol. The lowest BCUT2D eigenvalue weighted by molar-refractivity contribution is -0.135. The van der Waals surface area contributed by atoms with E-state index in [1.165, 1.54) is 10.7 Å². The van der Waals surface area contributed by atoms with Crippen LogP contribution >= 0.6 is 0 Å². The summed E-state index contributed by atoms with van der Waals surface area (Å²) in [6, 6.07) is 7.68. The Labute approximate surface area is 367 Å². The van der Waals surface area contributed by atoms with E-state index in [0.29, 0.717) is 61.4 Å². The Hall–Kier alpha value is -6.08. The summed E-state index contributed by atoms with van der Waals surface area (Å²) in [7, 11) is 0. The van der Waals surface area contributed by atoms with Gasteiger partial charge in [0.2, 0.25) is 5.91 Å². The van der Waals surface area contributed by atoms with Gasteiger partial charge >= 0.3 is 0 Å². The summed E-state index contributed by atoms with van der Waals surface area (Å²) in [6.07, 6.45) is 13.3. The van der Waals surface area contributed by atoms with Gasteiger partial charge in [0.15, 0.2) is 11.3 Å². The van der Waals surface area contributed by atoms with Crippen LogP contribution in [0.5, 0.6) is 0 Å². The molecule has 3 saturated heterocycles. The lowest BCUT2D eigenvalue weighted by atomic mass is 9.60. The van der Waals surface area contributed by atoms with Crippen LogP contribution in [0.3, 0.4) is 0 Å². The third-order valence-electron chi connectivity index (χ3n) is 14.2. The van der Waals surface area contributed by atoms with Gasteiger partial charge in [0.05, 0.1) is 48.0 Å². The summed E-state index contributed by atoms with van der Waals surface area (Å²) in [4.78, 5) is 47.4. The number of hydrogen-bond acceptors (Lipinski definition) is 11. The second-order valence-electron chi connectivity index (χ2n) is 18.5. The van der Waals surface area contributed by atoms with Crippen molar-refractivity contribution in [2.24, 2.45) is 11.3 Å². The maximum Gasteiger partial charge on any atom is 0.284 e. The van der Waals surface area contributed by atoms with E-state index in [2.05, 4.69) is 47.6 Å². The van der Waals surface area contributed by atoms with Crippen molar-refractivity contribution >= 4 is 45.8 Å². The minimum Gasteiger partial charge on any atom is -0.380 e. The Morgan fingerprint density at radius 1 is 0.969 bits per heavy atom. The first-order valence-electron chi connectivity index (χ1n) is 22.5. The van der Waals surface area contributed by atoms with Crippen molar-refractivity contribution < 1.29 is 27.9 Å². The molecule has 334 valence electrons. The number of benzene rings is 1. The molecule has 6 aromatic rings. The fraction of sp³-hybridized carbons (Fsp3) is 0.511. The van der Waals surface area contributed by atoms with Crippen LogP contribution in [0.4, 0.5) is 20.3 Å². The zero-order chi connectivity index (χ0) is 43.7. The molecule has 5 aromatic heterocycles. The van der Waals surface area contributed by atoms with Gasteiger partial charge in [0, 0.05) is 75.3 Å². The molecule has 2 N–H and O–H groups in total. The largest absolute Gasteiger partial charge is 0.380 e. The number of hydrogen-bond donors (Lipinski definition) is 2. The van der Waals surface area contributed by atoms with E-state index in [9.17, 15) is 23.2 Å². The summed E-state index contributed by atoms with van der Waals surface area (Å²) in [6.45, 7) is 7.88. The first-order valence-corrected chi connectivity index (χ1v) is 22.5. The highest BCUT2D eigenvalue weighted by Gasteiger charge is 2.53. The van der Waals surface area contributed by atoms with Crippen LogP contribution in [0.1, 0.15) is 104 Å². The number of imide groups is 1. The normalized spacial score (nSPS) is 23.1. The van der Waals surface area contributed by atoms with Crippen LogP contribution in [0, 0.1) is 18.3 Å². The quantitative estimate of drug-likeness (QED) is 0.157. The van der Waals surface area contributed by atoms with Crippen LogP contribution < -0.4 is 15.5 Å². The van der Waals surface area contributed by atoms with E-state index < -0.39 is 24.1 Å². The maximum absolute atomic E-state index is 14.3. The molecular weight excluding hydrogens is 825 g/mol. The number of nitrogens with one attached hydrogen (secondary N) is 2. The van der Waals surface area contributed by atoms with E-state index >= 15 is 0 Å². The van der Waals surface area contributed by atoms with E-state index in [0.717, 1.165) is 98.8 Å². The van der Waals surface area contributed by atoms with Crippen LogP contribution in [-0.4, -0.2) is 112 Å². The molecule has 2 aliphatic carbocycles. The smallest absolute Gasteiger partial charge is 0.284 e. The van der Waals surface area contributed by atoms with Crippen LogP contribution in [0.2, 0.25) is 0 Å². The molecule has 11 rings (SSSR count). The Bertz CT molecular complexity index is 2750. The Morgan fingerprint density at radius 2 is 1.81 bits per heavy atom. The van der Waals surface area contributed by atoms with Gasteiger partial charge in [-0.2, -0.15) is 20.4 Å². The van der Waals surface area contributed by atoms with Crippen molar-refractivity contribution in [2.75, 3.05) is 56.2 Å². The number of carbonyl (C=O) groups is 3. The number of aryl methyl sites for hydroxylation is 1. The van der Waals surface area contributed by atoms with Crippen molar-refractivity contribution in [3.8, 4) is 11.1 Å². The Balaban J connectivity index is 0.675. The molecule has 0 bridgehead atoms. The molecule has 19 heteroatoms. The van der Waals surface area contributed by atoms with Crippen molar-refractivity contribution in [3.05, 3.63) is 72.2 Å². The number of carbonyl (C=O) groups excluding carboxylic acids is 3. The topological polar surface area (TPSA) is 175 Å². The number of ether oxygens (including phenoxy) is 1. The summed E-state index contributed by atoms with van der Waals surface area (Å²) in [5.74, 6) is 0.113. The average molecular weight is 876 g/mol. The predicted octanol–water partition coefficient (Wildman–Crippen LogP) is 5.91. The minimum atomic E-state index is -2.85. The second kappa shape index (κ2) is 16.2. The second-order valence-corrected chi connectivity index (χ2v) is 18.5. The van der Waals surface area contributed by atoms with Gasteiger partial charge < -0.3 is 19.9 Å². The van der Waals surface area contributed by atoms with E-state index in [1.54, 1.807) is 21.8 Å². The lowest BCUT2D eigenvalue weighted by Crippen LogP contribution is -2.63. The Morgan fingerprint density at radius 3 is 2.62 bits per heavy atom. The van der Waals surface area contributed by atoms with Crippen molar-refractivity contribution in [1.29, 1.82) is 0 Å². The predicted molar refractivity (Wildman–Crippen MR) is 231 cm³/mol. The molecule has 1 spiro atoms. The maximum atomic E-state index is 14.3. The first-order chi connectivity index (χ1) is 31.1. The molecule has 1 unspecified atom stereocenters. The number of alkyl halides is 2. The highest BCUT2D eigenvalue weighted by molar-refractivity contribution is 6.08. The third kappa shape index (κ3) is 7.41. The third-order valence-corrected chi connectivity index (χ3v) is 14.2. The number of likely N-dealkylation sites (tertiary alicyclic amines) is 1. The van der Waals surface area contributed by atoms with Crippen LogP contribution in [0.15, 0.2) is 55.2 Å². The Kier molecular flexibility index (Phi) is 10.3. The van der Waals surface area contributed by atoms with Gasteiger partial charge in [-0.15, -0.1) is 0 Å². The van der Waals surface area contributed by atoms with Gasteiger partial charge in [0.25, 0.3) is 18.2 Å². The standard InChI is InChI=1S/C45H51F2N13O4/c1-27-39-32(4-2-5-35(39)60(53-27)36-10-11-38(61)52-44(36)63)29-20-48-58(23-29)31-18-45(19-31)25-55(26-45)22-28-6-8-30(9-7-28)59-24-34(40(54-59)41(46)47)50-43(62)33-21-49-57-14-12-37(51-42(33)57)56-13-3-16-64-17-15-56/h2,4-5,12,14,20-21,23-24,28,30-31,36,41H,3,6-11,13,15-19,22,25-26H2,1H3,(H,50,62)(H,52,61,63). The molecule has 8 heterocycles. The summed E-state index contributed by atoms with van der Waals surface area (Å²) in [5.41, 5.74) is 4.17. The zero-order valence-electron chi connectivity index (χ0n) is 35.7. The van der Waals surface area contributed by atoms with E-state index in [-0.39, 0.29) is 29.1 Å². The molecule has 64 heavy (non-hydrogen) atoms. The van der Waals surface area contributed by atoms with E-state index in [1.807, 2.05) is 31.3 Å². The molecule has 3 aliphatic heterocycles. The highest BCUT2D eigenvalue weighted by atomic mass is 19.3. The fourth-order valence-corrected chi connectivity index (χ4v) is 11.0. The van der Waals surface area contributed by atoms with Gasteiger partial charge in [-0.25, -0.2) is 18.3 Å². The molecule has 1 aromatic carbocycles.